The standard InChI is InChI=1S/C14H12N4S2/c15-14(19)11-5-13(17-7-9-6-16-8-20-9)18-12-4-2-1-3-10(11)12/h1-6,8H,7H2,(H2,15,19)(H,17,18). The molecule has 4 nitrogen and oxygen atoms in total. The number of thiazole rings is 1. The number of hydrogen-bond acceptors (Lipinski definition) is 5. The minimum atomic E-state index is 0.379. The molecular formula is C14H12N4S2. The zero-order chi connectivity index (χ0) is 13.9. The summed E-state index contributed by atoms with van der Waals surface area (Å²) in [6.45, 7) is 0.687. The van der Waals surface area contributed by atoms with Crippen LogP contribution in [0.4, 0.5) is 5.82 Å². The van der Waals surface area contributed by atoms with Crippen molar-refractivity contribution in [1.82, 2.24) is 9.97 Å². The molecule has 0 aliphatic heterocycles. The Bertz CT molecular complexity index is 753. The van der Waals surface area contributed by atoms with Gasteiger partial charge < -0.3 is 11.1 Å². The number of aromatic nitrogens is 2. The normalized spacial score (nSPS) is 10.6. The highest BCUT2D eigenvalue weighted by Crippen LogP contribution is 2.21. The Morgan fingerprint density at radius 1 is 1.35 bits per heavy atom. The van der Waals surface area contributed by atoms with Crippen LogP contribution in [-0.2, 0) is 6.54 Å². The van der Waals surface area contributed by atoms with Crippen molar-refractivity contribution in [3.05, 3.63) is 52.5 Å². The Morgan fingerprint density at radius 3 is 2.95 bits per heavy atom. The van der Waals surface area contributed by atoms with Gasteiger partial charge in [-0.25, -0.2) is 4.98 Å². The molecule has 2 aromatic heterocycles. The predicted octanol–water partition coefficient (Wildman–Crippen LogP) is 2.94. The van der Waals surface area contributed by atoms with E-state index in [-0.39, 0.29) is 0 Å². The lowest BCUT2D eigenvalue weighted by molar-refractivity contribution is 1.14. The number of anilines is 1. The fraction of sp³-hybridized carbons (Fsp3) is 0.0714. The number of thiocarbonyl (C=S) groups is 1. The maximum absolute atomic E-state index is 5.81. The number of nitrogens with two attached hydrogens (primary N) is 1. The van der Waals surface area contributed by atoms with Crippen molar-refractivity contribution in [3.8, 4) is 0 Å². The van der Waals surface area contributed by atoms with Gasteiger partial charge in [0.25, 0.3) is 0 Å². The first-order valence-corrected chi connectivity index (χ1v) is 7.33. The van der Waals surface area contributed by atoms with Crippen LogP contribution >= 0.6 is 23.6 Å². The minimum absolute atomic E-state index is 0.379. The Morgan fingerprint density at radius 2 is 2.20 bits per heavy atom. The van der Waals surface area contributed by atoms with Crippen LogP contribution in [0.15, 0.2) is 42.0 Å². The van der Waals surface area contributed by atoms with Gasteiger partial charge in [0.2, 0.25) is 0 Å². The van der Waals surface area contributed by atoms with Crippen LogP contribution in [0, 0.1) is 0 Å². The number of pyridine rings is 1. The summed E-state index contributed by atoms with van der Waals surface area (Å²) in [6, 6.07) is 9.73. The molecule has 3 aromatic rings. The Hall–Kier alpha value is -2.05. The van der Waals surface area contributed by atoms with Crippen LogP contribution in [0.1, 0.15) is 10.4 Å². The highest BCUT2D eigenvalue weighted by molar-refractivity contribution is 7.80. The van der Waals surface area contributed by atoms with Crippen molar-refractivity contribution >= 4 is 45.3 Å². The second-order valence-electron chi connectivity index (χ2n) is 4.26. The average Bonchev–Trinajstić information content (AvgIpc) is 2.97. The Labute approximate surface area is 125 Å². The van der Waals surface area contributed by atoms with E-state index in [9.17, 15) is 0 Å². The van der Waals surface area contributed by atoms with Gasteiger partial charge in [-0.3, -0.25) is 4.98 Å². The molecule has 0 aliphatic carbocycles. The molecule has 0 radical (unpaired) electrons. The zero-order valence-electron chi connectivity index (χ0n) is 10.5. The van der Waals surface area contributed by atoms with Crippen molar-refractivity contribution in [2.24, 2.45) is 5.73 Å². The third kappa shape index (κ3) is 2.61. The SMILES string of the molecule is NC(=S)c1cc(NCc2cncs2)nc2ccccc12. The van der Waals surface area contributed by atoms with E-state index >= 15 is 0 Å². The number of fused-ring (bicyclic) bond motifs is 1. The quantitative estimate of drug-likeness (QED) is 0.725. The third-order valence-corrected chi connectivity index (χ3v) is 3.91. The molecule has 0 spiro atoms. The van der Waals surface area contributed by atoms with E-state index in [0.717, 1.165) is 27.2 Å². The van der Waals surface area contributed by atoms with Gasteiger partial charge in [0.05, 0.1) is 17.6 Å². The minimum Gasteiger partial charge on any atom is -0.389 e. The van der Waals surface area contributed by atoms with E-state index in [1.54, 1.807) is 11.3 Å². The lowest BCUT2D eigenvalue weighted by Gasteiger charge is -2.09. The van der Waals surface area contributed by atoms with E-state index in [1.807, 2.05) is 42.0 Å². The summed E-state index contributed by atoms with van der Waals surface area (Å²) in [5.74, 6) is 0.764. The fourth-order valence-corrected chi connectivity index (χ4v) is 2.68. The van der Waals surface area contributed by atoms with Crippen molar-refractivity contribution in [1.29, 1.82) is 0 Å². The highest BCUT2D eigenvalue weighted by Gasteiger charge is 2.07. The van der Waals surface area contributed by atoms with Crippen LogP contribution in [0.2, 0.25) is 0 Å². The first-order valence-electron chi connectivity index (χ1n) is 6.05. The molecule has 1 aromatic carbocycles. The maximum Gasteiger partial charge on any atom is 0.127 e. The van der Waals surface area contributed by atoms with E-state index in [1.165, 1.54) is 0 Å². The van der Waals surface area contributed by atoms with Gasteiger partial charge in [0.1, 0.15) is 10.8 Å². The summed E-state index contributed by atoms with van der Waals surface area (Å²) in [5, 5.41) is 4.25. The number of hydrogen-bond donors (Lipinski definition) is 2. The summed E-state index contributed by atoms with van der Waals surface area (Å²) in [4.78, 5) is 10.2. The molecule has 0 saturated heterocycles. The summed E-state index contributed by atoms with van der Waals surface area (Å²) in [6.07, 6.45) is 1.84. The van der Waals surface area contributed by atoms with E-state index in [0.29, 0.717) is 11.5 Å². The molecule has 0 amide bonds. The average molecular weight is 300 g/mol. The van der Waals surface area contributed by atoms with Gasteiger partial charge >= 0.3 is 0 Å². The monoisotopic (exact) mass is 300 g/mol. The van der Waals surface area contributed by atoms with E-state index in [2.05, 4.69) is 15.3 Å². The number of rotatable bonds is 4. The first kappa shape index (κ1) is 13.0. The molecule has 0 aliphatic rings. The molecule has 0 fully saturated rings. The molecule has 0 atom stereocenters. The van der Waals surface area contributed by atoms with Crippen molar-refractivity contribution in [2.75, 3.05) is 5.32 Å². The Balaban J connectivity index is 1.97. The third-order valence-electron chi connectivity index (χ3n) is 2.91. The summed E-state index contributed by atoms with van der Waals surface area (Å²) >= 11 is 6.73. The van der Waals surface area contributed by atoms with Crippen LogP contribution in [0.3, 0.4) is 0 Å². The van der Waals surface area contributed by atoms with Crippen molar-refractivity contribution in [3.63, 3.8) is 0 Å². The van der Waals surface area contributed by atoms with Gasteiger partial charge in [0, 0.05) is 22.0 Å². The van der Waals surface area contributed by atoms with E-state index in [4.69, 9.17) is 18.0 Å². The van der Waals surface area contributed by atoms with Crippen LogP contribution in [0.5, 0.6) is 0 Å². The van der Waals surface area contributed by atoms with Gasteiger partial charge in [-0.1, -0.05) is 30.4 Å². The smallest absolute Gasteiger partial charge is 0.127 e. The molecule has 100 valence electrons. The molecule has 6 heteroatoms. The number of nitrogens with zero attached hydrogens (tertiary/aromatic N) is 2. The van der Waals surface area contributed by atoms with Gasteiger partial charge in [-0.15, -0.1) is 11.3 Å². The second kappa shape index (κ2) is 5.52. The number of benzene rings is 1. The Kier molecular flexibility index (Phi) is 3.58. The molecular weight excluding hydrogens is 288 g/mol. The summed E-state index contributed by atoms with van der Waals surface area (Å²) in [7, 11) is 0. The van der Waals surface area contributed by atoms with Crippen LogP contribution in [-0.4, -0.2) is 15.0 Å². The number of para-hydroxylation sites is 1. The van der Waals surface area contributed by atoms with Crippen molar-refractivity contribution < 1.29 is 0 Å². The molecule has 20 heavy (non-hydrogen) atoms. The van der Waals surface area contributed by atoms with Crippen LogP contribution in [0.25, 0.3) is 10.9 Å². The predicted molar refractivity (Wildman–Crippen MR) is 87.1 cm³/mol. The molecule has 3 rings (SSSR count). The highest BCUT2D eigenvalue weighted by atomic mass is 32.1. The largest absolute Gasteiger partial charge is 0.389 e. The molecule has 2 heterocycles. The van der Waals surface area contributed by atoms with Crippen LogP contribution < -0.4 is 11.1 Å². The summed E-state index contributed by atoms with van der Waals surface area (Å²) < 4.78 is 0. The lowest BCUT2D eigenvalue weighted by atomic mass is 10.1. The van der Waals surface area contributed by atoms with Gasteiger partial charge in [0.15, 0.2) is 0 Å². The van der Waals surface area contributed by atoms with Gasteiger partial charge in [-0.2, -0.15) is 0 Å². The second-order valence-corrected chi connectivity index (χ2v) is 5.67. The van der Waals surface area contributed by atoms with E-state index < -0.39 is 0 Å². The van der Waals surface area contributed by atoms with Crippen molar-refractivity contribution in [2.45, 2.75) is 6.54 Å². The summed E-state index contributed by atoms with van der Waals surface area (Å²) in [5.41, 5.74) is 9.34. The zero-order valence-corrected chi connectivity index (χ0v) is 12.2. The lowest BCUT2D eigenvalue weighted by Crippen LogP contribution is -2.11. The fourth-order valence-electron chi connectivity index (χ4n) is 1.98. The molecule has 3 N–H and O–H groups in total. The molecule has 0 saturated carbocycles. The number of nitrogens with one attached hydrogen (secondary N) is 1. The maximum atomic E-state index is 5.81. The molecule has 0 bridgehead atoms. The molecule has 0 unspecified atom stereocenters. The topological polar surface area (TPSA) is 63.8 Å². The van der Waals surface area contributed by atoms with Gasteiger partial charge in [-0.05, 0) is 12.1 Å². The first-order chi connectivity index (χ1) is 9.74.